The number of nitrogens with one attached hydrogen (secondary N) is 1. The number of rotatable bonds is 3. The zero-order chi connectivity index (χ0) is 16.5. The maximum absolute atomic E-state index is 12.3. The summed E-state index contributed by atoms with van der Waals surface area (Å²) in [5.41, 5.74) is 1.40. The van der Waals surface area contributed by atoms with E-state index in [2.05, 4.69) is 24.8 Å². The van der Waals surface area contributed by atoms with Gasteiger partial charge in [0.2, 0.25) is 11.8 Å². The van der Waals surface area contributed by atoms with Crippen LogP contribution in [0.1, 0.15) is 18.9 Å². The number of pyridine rings is 1. The summed E-state index contributed by atoms with van der Waals surface area (Å²) in [4.78, 5) is 30.3. The molecule has 0 radical (unpaired) electrons. The monoisotopic (exact) mass is 326 g/mol. The van der Waals surface area contributed by atoms with E-state index in [-0.39, 0.29) is 11.7 Å². The van der Waals surface area contributed by atoms with Crippen LogP contribution in [-0.4, -0.2) is 44.7 Å². The van der Waals surface area contributed by atoms with Crippen molar-refractivity contribution in [3.63, 3.8) is 0 Å². The number of H-pyrrole nitrogens is 1. The lowest BCUT2D eigenvalue weighted by Crippen LogP contribution is -2.38. The highest BCUT2D eigenvalue weighted by Gasteiger charge is 2.25. The molecule has 0 bridgehead atoms. The topological polar surface area (TPSA) is 88.9 Å². The molecular weight excluding hydrogens is 308 g/mol. The van der Waals surface area contributed by atoms with Crippen LogP contribution < -0.4 is 15.3 Å². The van der Waals surface area contributed by atoms with Gasteiger partial charge in [-0.1, -0.05) is 0 Å². The zero-order valence-corrected chi connectivity index (χ0v) is 13.3. The molecule has 1 aliphatic rings. The van der Waals surface area contributed by atoms with Crippen molar-refractivity contribution in [2.24, 2.45) is 0 Å². The first-order valence-corrected chi connectivity index (χ1v) is 7.93. The van der Waals surface area contributed by atoms with Crippen LogP contribution in [0.15, 0.2) is 35.4 Å². The Kier molecular flexibility index (Phi) is 3.64. The van der Waals surface area contributed by atoms with Gasteiger partial charge in [0, 0.05) is 37.6 Å². The SMILES string of the molecule is COc1ccnc(N2CCC(n3c(=O)[nH]c4cccnc43)CC2)n1. The number of aromatic amines is 1. The van der Waals surface area contributed by atoms with Gasteiger partial charge in [-0.2, -0.15) is 4.98 Å². The van der Waals surface area contributed by atoms with Gasteiger partial charge in [0.25, 0.3) is 0 Å². The molecule has 8 nitrogen and oxygen atoms in total. The minimum atomic E-state index is -0.0974. The van der Waals surface area contributed by atoms with Crippen LogP contribution in [0.4, 0.5) is 5.95 Å². The second-order valence-electron chi connectivity index (χ2n) is 5.79. The van der Waals surface area contributed by atoms with Crippen molar-refractivity contribution in [1.82, 2.24) is 24.5 Å². The molecule has 0 aromatic carbocycles. The van der Waals surface area contributed by atoms with Gasteiger partial charge in [-0.3, -0.25) is 4.57 Å². The molecule has 4 heterocycles. The summed E-state index contributed by atoms with van der Waals surface area (Å²) >= 11 is 0. The van der Waals surface area contributed by atoms with Crippen LogP contribution in [-0.2, 0) is 0 Å². The van der Waals surface area contributed by atoms with E-state index in [1.165, 1.54) is 0 Å². The molecule has 8 heteroatoms. The number of hydrogen-bond acceptors (Lipinski definition) is 6. The fourth-order valence-electron chi connectivity index (χ4n) is 3.22. The van der Waals surface area contributed by atoms with Crippen LogP contribution in [0.25, 0.3) is 11.2 Å². The predicted octanol–water partition coefficient (Wildman–Crippen LogP) is 1.36. The molecule has 4 rings (SSSR count). The van der Waals surface area contributed by atoms with E-state index in [1.54, 1.807) is 30.1 Å². The maximum Gasteiger partial charge on any atom is 0.327 e. The van der Waals surface area contributed by atoms with Crippen LogP contribution in [0.3, 0.4) is 0 Å². The van der Waals surface area contributed by atoms with Gasteiger partial charge in [0.1, 0.15) is 0 Å². The minimum absolute atomic E-state index is 0.0974. The lowest BCUT2D eigenvalue weighted by molar-refractivity contribution is 0.383. The maximum atomic E-state index is 12.3. The molecular formula is C16H18N6O2. The molecule has 3 aromatic rings. The molecule has 0 saturated carbocycles. The van der Waals surface area contributed by atoms with Crippen molar-refractivity contribution < 1.29 is 4.74 Å². The second kappa shape index (κ2) is 5.95. The normalized spacial score (nSPS) is 15.8. The molecule has 124 valence electrons. The molecule has 0 amide bonds. The number of aromatic nitrogens is 5. The Morgan fingerprint density at radius 2 is 2.04 bits per heavy atom. The van der Waals surface area contributed by atoms with E-state index in [0.29, 0.717) is 11.8 Å². The van der Waals surface area contributed by atoms with Gasteiger partial charge in [0.05, 0.1) is 12.6 Å². The average Bonchev–Trinajstić information content (AvgIpc) is 2.97. The Morgan fingerprint density at radius 1 is 1.21 bits per heavy atom. The highest BCUT2D eigenvalue weighted by molar-refractivity contribution is 5.70. The molecule has 0 unspecified atom stereocenters. The molecule has 0 spiro atoms. The van der Waals surface area contributed by atoms with Gasteiger partial charge < -0.3 is 14.6 Å². The first-order valence-electron chi connectivity index (χ1n) is 7.93. The zero-order valence-electron chi connectivity index (χ0n) is 13.3. The first kappa shape index (κ1) is 14.7. The van der Waals surface area contributed by atoms with Gasteiger partial charge in [-0.25, -0.2) is 14.8 Å². The summed E-state index contributed by atoms with van der Waals surface area (Å²) < 4.78 is 6.93. The minimum Gasteiger partial charge on any atom is -0.481 e. The molecule has 1 N–H and O–H groups in total. The number of piperidine rings is 1. The summed E-state index contributed by atoms with van der Waals surface area (Å²) in [5.74, 6) is 1.22. The van der Waals surface area contributed by atoms with Crippen molar-refractivity contribution in [3.8, 4) is 5.88 Å². The molecule has 24 heavy (non-hydrogen) atoms. The highest BCUT2D eigenvalue weighted by Crippen LogP contribution is 2.26. The molecule has 1 aliphatic heterocycles. The number of ether oxygens (including phenoxy) is 1. The van der Waals surface area contributed by atoms with E-state index in [4.69, 9.17) is 4.74 Å². The van der Waals surface area contributed by atoms with E-state index in [1.807, 2.05) is 12.1 Å². The number of nitrogens with zero attached hydrogens (tertiary/aromatic N) is 5. The summed E-state index contributed by atoms with van der Waals surface area (Å²) in [7, 11) is 1.59. The van der Waals surface area contributed by atoms with Crippen molar-refractivity contribution in [1.29, 1.82) is 0 Å². The Morgan fingerprint density at radius 3 is 2.83 bits per heavy atom. The molecule has 3 aromatic heterocycles. The second-order valence-corrected chi connectivity index (χ2v) is 5.79. The molecule has 0 aliphatic carbocycles. The van der Waals surface area contributed by atoms with Crippen LogP contribution in [0.5, 0.6) is 5.88 Å². The Labute approximate surface area is 138 Å². The number of fused-ring (bicyclic) bond motifs is 1. The Bertz CT molecular complexity index is 910. The highest BCUT2D eigenvalue weighted by atomic mass is 16.5. The summed E-state index contributed by atoms with van der Waals surface area (Å²) in [5, 5.41) is 0. The fraction of sp³-hybridized carbons (Fsp3) is 0.375. The van der Waals surface area contributed by atoms with E-state index in [9.17, 15) is 4.79 Å². The first-order chi connectivity index (χ1) is 11.8. The van der Waals surface area contributed by atoms with E-state index in [0.717, 1.165) is 37.1 Å². The third kappa shape index (κ3) is 2.49. The van der Waals surface area contributed by atoms with Crippen molar-refractivity contribution in [2.45, 2.75) is 18.9 Å². The largest absolute Gasteiger partial charge is 0.481 e. The average molecular weight is 326 g/mol. The van der Waals surface area contributed by atoms with Crippen molar-refractivity contribution in [2.75, 3.05) is 25.1 Å². The molecule has 0 atom stereocenters. The van der Waals surface area contributed by atoms with Crippen LogP contribution in [0.2, 0.25) is 0 Å². The predicted molar refractivity (Wildman–Crippen MR) is 89.4 cm³/mol. The van der Waals surface area contributed by atoms with Crippen molar-refractivity contribution in [3.05, 3.63) is 41.1 Å². The van der Waals surface area contributed by atoms with Gasteiger partial charge >= 0.3 is 5.69 Å². The van der Waals surface area contributed by atoms with E-state index < -0.39 is 0 Å². The van der Waals surface area contributed by atoms with Gasteiger partial charge in [0.15, 0.2) is 5.65 Å². The lowest BCUT2D eigenvalue weighted by atomic mass is 10.1. The van der Waals surface area contributed by atoms with Crippen LogP contribution >= 0.6 is 0 Å². The third-order valence-electron chi connectivity index (χ3n) is 4.41. The Balaban J connectivity index is 1.55. The number of anilines is 1. The summed E-state index contributed by atoms with van der Waals surface area (Å²) in [6, 6.07) is 5.56. The molecule has 1 fully saturated rings. The third-order valence-corrected chi connectivity index (χ3v) is 4.41. The van der Waals surface area contributed by atoms with Gasteiger partial charge in [-0.15, -0.1) is 0 Å². The number of imidazole rings is 1. The number of hydrogen-bond donors (Lipinski definition) is 1. The molecule has 1 saturated heterocycles. The quantitative estimate of drug-likeness (QED) is 0.782. The smallest absolute Gasteiger partial charge is 0.327 e. The summed E-state index contributed by atoms with van der Waals surface area (Å²) in [6.07, 6.45) is 5.08. The lowest BCUT2D eigenvalue weighted by Gasteiger charge is -2.32. The summed E-state index contributed by atoms with van der Waals surface area (Å²) in [6.45, 7) is 1.56. The van der Waals surface area contributed by atoms with Crippen LogP contribution in [0, 0.1) is 0 Å². The number of methoxy groups -OCH3 is 1. The standard InChI is InChI=1S/C16H18N6O2/c1-24-13-4-8-18-15(20-13)21-9-5-11(6-10-21)22-14-12(19-16(22)23)3-2-7-17-14/h2-4,7-8,11H,5-6,9-10H2,1H3,(H,19,23). The van der Waals surface area contributed by atoms with Crippen molar-refractivity contribution >= 4 is 17.1 Å². The fourth-order valence-corrected chi connectivity index (χ4v) is 3.22. The van der Waals surface area contributed by atoms with E-state index >= 15 is 0 Å². The van der Waals surface area contributed by atoms with Gasteiger partial charge in [-0.05, 0) is 25.0 Å². The Hall–Kier alpha value is -2.90.